The van der Waals surface area contributed by atoms with Crippen LogP contribution in [-0.2, 0) is 4.79 Å². The van der Waals surface area contributed by atoms with Gasteiger partial charge in [0.1, 0.15) is 0 Å². The van der Waals surface area contributed by atoms with E-state index in [2.05, 4.69) is 26.1 Å². The van der Waals surface area contributed by atoms with Gasteiger partial charge in [0.2, 0.25) is 0 Å². The molecule has 1 aliphatic heterocycles. The number of aliphatic hydroxyl groups excluding tert-OH is 1. The van der Waals surface area contributed by atoms with Crippen molar-refractivity contribution in [1.29, 1.82) is 0 Å². The van der Waals surface area contributed by atoms with Crippen molar-refractivity contribution in [1.82, 2.24) is 0 Å². The van der Waals surface area contributed by atoms with Gasteiger partial charge in [0, 0.05) is 28.8 Å². The zero-order valence-corrected chi connectivity index (χ0v) is 13.4. The van der Waals surface area contributed by atoms with Crippen molar-refractivity contribution in [2.24, 2.45) is 11.8 Å². The minimum Gasteiger partial charge on any atom is -0.378 e. The summed E-state index contributed by atoms with van der Waals surface area (Å²) in [5.41, 5.74) is 2.57. The minimum atomic E-state index is -1.04. The molecule has 2 fully saturated rings. The van der Waals surface area contributed by atoms with Gasteiger partial charge in [-0.2, -0.15) is 0 Å². The lowest BCUT2D eigenvalue weighted by atomic mass is 10.1. The number of benzene rings is 1. The average Bonchev–Trinajstić information content (AvgIpc) is 3.34. The number of nitrogens with zero attached hydrogens (tertiary/aromatic N) is 1. The Labute approximate surface area is 132 Å². The Morgan fingerprint density at radius 1 is 1.19 bits per heavy atom. The summed E-state index contributed by atoms with van der Waals surface area (Å²) in [5.74, 6) is 1.32. The summed E-state index contributed by atoms with van der Waals surface area (Å²) in [6.07, 6.45) is 4.29. The van der Waals surface area contributed by atoms with E-state index >= 15 is 0 Å². The second-order valence-corrected chi connectivity index (χ2v) is 7.43. The SMILES string of the molecule is O=C1Nc2cc(N(CC3CC3)CC3CC3)c(Br)cc2C1O. The van der Waals surface area contributed by atoms with Crippen LogP contribution in [0.1, 0.15) is 37.4 Å². The van der Waals surface area contributed by atoms with Gasteiger partial charge in [0.25, 0.3) is 5.91 Å². The minimum absolute atomic E-state index is 0.329. The van der Waals surface area contributed by atoms with Crippen molar-refractivity contribution >= 4 is 33.2 Å². The number of hydrogen-bond acceptors (Lipinski definition) is 3. The Bertz CT molecular complexity index is 582. The maximum absolute atomic E-state index is 11.6. The maximum Gasteiger partial charge on any atom is 0.257 e. The molecule has 4 rings (SSSR count). The molecule has 1 atom stereocenters. The van der Waals surface area contributed by atoms with Crippen LogP contribution in [0.4, 0.5) is 11.4 Å². The molecule has 2 N–H and O–H groups in total. The molecule has 21 heavy (non-hydrogen) atoms. The topological polar surface area (TPSA) is 52.6 Å². The first-order valence-corrected chi connectivity index (χ1v) is 8.48. The molecular weight excluding hydrogens is 332 g/mol. The fraction of sp³-hybridized carbons (Fsp3) is 0.562. The predicted octanol–water partition coefficient (Wildman–Crippen LogP) is 3.06. The molecule has 2 saturated carbocycles. The Hall–Kier alpha value is -1.07. The molecule has 1 heterocycles. The molecule has 3 aliphatic rings. The largest absolute Gasteiger partial charge is 0.378 e. The Kier molecular flexibility index (Phi) is 3.23. The summed E-state index contributed by atoms with van der Waals surface area (Å²) < 4.78 is 0.970. The highest BCUT2D eigenvalue weighted by Crippen LogP contribution is 2.42. The van der Waals surface area contributed by atoms with Gasteiger partial charge < -0.3 is 15.3 Å². The van der Waals surface area contributed by atoms with E-state index in [9.17, 15) is 9.90 Å². The van der Waals surface area contributed by atoms with Crippen LogP contribution in [-0.4, -0.2) is 24.1 Å². The summed E-state index contributed by atoms with van der Waals surface area (Å²) in [7, 11) is 0. The van der Waals surface area contributed by atoms with Crippen LogP contribution >= 0.6 is 15.9 Å². The van der Waals surface area contributed by atoms with E-state index in [1.807, 2.05) is 12.1 Å². The molecule has 0 spiro atoms. The average molecular weight is 351 g/mol. The second kappa shape index (κ2) is 4.99. The number of carbonyl (C=O) groups is 1. The first kappa shape index (κ1) is 13.6. The van der Waals surface area contributed by atoms with E-state index in [-0.39, 0.29) is 5.91 Å². The Balaban J connectivity index is 1.65. The summed E-state index contributed by atoms with van der Waals surface area (Å²) >= 11 is 3.63. The number of aliphatic hydroxyl groups is 1. The molecule has 0 radical (unpaired) electrons. The molecule has 1 amide bonds. The number of rotatable bonds is 5. The van der Waals surface area contributed by atoms with E-state index in [1.54, 1.807) is 0 Å². The third-order valence-electron chi connectivity index (χ3n) is 4.61. The molecule has 1 aromatic carbocycles. The molecule has 4 nitrogen and oxygen atoms in total. The van der Waals surface area contributed by atoms with Gasteiger partial charge in [-0.05, 0) is 65.6 Å². The molecule has 112 valence electrons. The second-order valence-electron chi connectivity index (χ2n) is 6.57. The normalized spacial score (nSPS) is 23.9. The fourth-order valence-electron chi connectivity index (χ4n) is 2.99. The highest BCUT2D eigenvalue weighted by atomic mass is 79.9. The molecule has 0 bridgehead atoms. The van der Waals surface area contributed by atoms with Crippen LogP contribution < -0.4 is 10.2 Å². The van der Waals surface area contributed by atoms with E-state index in [4.69, 9.17) is 0 Å². The Morgan fingerprint density at radius 3 is 2.38 bits per heavy atom. The van der Waals surface area contributed by atoms with E-state index in [0.717, 1.165) is 40.8 Å². The van der Waals surface area contributed by atoms with Crippen LogP contribution in [0.5, 0.6) is 0 Å². The van der Waals surface area contributed by atoms with Crippen molar-refractivity contribution in [3.05, 3.63) is 22.2 Å². The van der Waals surface area contributed by atoms with Gasteiger partial charge in [0.05, 0.1) is 5.69 Å². The van der Waals surface area contributed by atoms with Gasteiger partial charge in [-0.1, -0.05) is 0 Å². The van der Waals surface area contributed by atoms with Crippen LogP contribution in [0.25, 0.3) is 0 Å². The number of hydrogen-bond donors (Lipinski definition) is 2. The summed E-state index contributed by atoms with van der Waals surface area (Å²) in [6.45, 7) is 2.20. The molecule has 1 unspecified atom stereocenters. The van der Waals surface area contributed by atoms with Gasteiger partial charge in [-0.3, -0.25) is 4.79 Å². The van der Waals surface area contributed by atoms with Crippen LogP contribution in [0.2, 0.25) is 0 Å². The smallest absolute Gasteiger partial charge is 0.257 e. The number of amides is 1. The standard InChI is InChI=1S/C16H19BrN2O2/c17-12-5-11-13(18-16(21)15(11)20)6-14(12)19(7-9-1-2-9)8-10-3-4-10/h5-6,9-10,15,20H,1-4,7-8H2,(H,18,21). The lowest BCUT2D eigenvalue weighted by Crippen LogP contribution is -2.28. The third-order valence-corrected chi connectivity index (χ3v) is 5.25. The van der Waals surface area contributed by atoms with Gasteiger partial charge in [-0.15, -0.1) is 0 Å². The van der Waals surface area contributed by atoms with Gasteiger partial charge in [0.15, 0.2) is 6.10 Å². The van der Waals surface area contributed by atoms with Gasteiger partial charge >= 0.3 is 0 Å². The van der Waals surface area contributed by atoms with Crippen molar-refractivity contribution < 1.29 is 9.90 Å². The summed E-state index contributed by atoms with van der Waals surface area (Å²) in [5, 5.41) is 12.6. The first-order valence-electron chi connectivity index (χ1n) is 7.69. The van der Waals surface area contributed by atoms with Crippen molar-refractivity contribution in [2.75, 3.05) is 23.3 Å². The number of anilines is 2. The zero-order valence-electron chi connectivity index (χ0n) is 11.8. The quantitative estimate of drug-likeness (QED) is 0.857. The molecule has 2 aliphatic carbocycles. The van der Waals surface area contributed by atoms with E-state index < -0.39 is 6.10 Å². The zero-order chi connectivity index (χ0) is 14.6. The van der Waals surface area contributed by atoms with E-state index in [0.29, 0.717) is 5.56 Å². The third kappa shape index (κ3) is 2.69. The molecule has 0 saturated heterocycles. The molecule has 1 aromatic rings. The number of halogens is 1. The van der Waals surface area contributed by atoms with Crippen LogP contribution in [0.3, 0.4) is 0 Å². The lowest BCUT2D eigenvalue weighted by molar-refractivity contribution is -0.123. The fourth-order valence-corrected chi connectivity index (χ4v) is 3.60. The van der Waals surface area contributed by atoms with Crippen LogP contribution in [0.15, 0.2) is 16.6 Å². The molecule has 0 aromatic heterocycles. The summed E-state index contributed by atoms with van der Waals surface area (Å²) in [4.78, 5) is 14.1. The maximum atomic E-state index is 11.6. The van der Waals surface area contributed by atoms with E-state index in [1.165, 1.54) is 25.7 Å². The molecule has 5 heteroatoms. The van der Waals surface area contributed by atoms with Crippen LogP contribution in [0, 0.1) is 11.8 Å². The van der Waals surface area contributed by atoms with Crippen molar-refractivity contribution in [2.45, 2.75) is 31.8 Å². The molecular formula is C16H19BrN2O2. The van der Waals surface area contributed by atoms with Gasteiger partial charge in [-0.25, -0.2) is 0 Å². The predicted molar refractivity (Wildman–Crippen MR) is 85.4 cm³/mol. The number of fused-ring (bicyclic) bond motifs is 1. The monoisotopic (exact) mass is 350 g/mol. The highest BCUT2D eigenvalue weighted by molar-refractivity contribution is 9.10. The van der Waals surface area contributed by atoms with Crippen molar-refractivity contribution in [3.63, 3.8) is 0 Å². The lowest BCUT2D eigenvalue weighted by Gasteiger charge is -2.26. The highest BCUT2D eigenvalue weighted by Gasteiger charge is 2.33. The van der Waals surface area contributed by atoms with Crippen molar-refractivity contribution in [3.8, 4) is 0 Å². The first-order chi connectivity index (χ1) is 10.1. The summed E-state index contributed by atoms with van der Waals surface area (Å²) in [6, 6.07) is 3.90. The number of nitrogens with one attached hydrogen (secondary N) is 1. The Morgan fingerprint density at radius 2 is 1.81 bits per heavy atom. The number of carbonyl (C=O) groups excluding carboxylic acids is 1.